The van der Waals surface area contributed by atoms with Gasteiger partial charge in [-0.2, -0.15) is 9.97 Å². The van der Waals surface area contributed by atoms with Crippen molar-refractivity contribution in [2.45, 2.75) is 69.7 Å². The average Bonchev–Trinajstić information content (AvgIpc) is 3.57. The highest BCUT2D eigenvalue weighted by molar-refractivity contribution is 6.00. The molecule has 3 fully saturated rings. The molecule has 10 heteroatoms. The lowest BCUT2D eigenvalue weighted by atomic mass is 9.92. The van der Waals surface area contributed by atoms with E-state index in [2.05, 4.69) is 51.6 Å². The molecule has 3 aromatic rings. The summed E-state index contributed by atoms with van der Waals surface area (Å²) in [4.78, 5) is 18.5. The van der Waals surface area contributed by atoms with Crippen molar-refractivity contribution >= 4 is 28.5 Å². The first-order chi connectivity index (χ1) is 21.7. The Labute approximate surface area is 263 Å². The molecule has 0 saturated carbocycles. The number of anilines is 1. The predicted molar refractivity (Wildman–Crippen MR) is 174 cm³/mol. The molecule has 3 aliphatic rings. The maximum atomic E-state index is 14.8. The summed E-state index contributed by atoms with van der Waals surface area (Å²) in [6, 6.07) is 6.55. The number of terminal acetylenes is 1. The van der Waals surface area contributed by atoms with Crippen LogP contribution in [0.15, 0.2) is 35.8 Å². The van der Waals surface area contributed by atoms with E-state index in [1.54, 1.807) is 6.07 Å². The molecule has 0 radical (unpaired) electrons. The third-order valence-electron chi connectivity index (χ3n) is 9.61. The number of nitrogens with one attached hydrogen (secondary N) is 1. The zero-order valence-electron chi connectivity index (χ0n) is 26.0. The van der Waals surface area contributed by atoms with E-state index in [-0.39, 0.29) is 34.3 Å². The number of likely N-dealkylation sites (tertiary alicyclic amines) is 1. The van der Waals surface area contributed by atoms with Crippen molar-refractivity contribution in [1.82, 2.24) is 20.2 Å². The monoisotopic (exact) mass is 614 g/mol. The number of hydrogen-bond acceptors (Lipinski definition) is 8. The van der Waals surface area contributed by atoms with Gasteiger partial charge in [-0.15, -0.1) is 6.42 Å². The highest BCUT2D eigenvalue weighted by Gasteiger charge is 2.39. The van der Waals surface area contributed by atoms with E-state index in [0.717, 1.165) is 45.1 Å². The number of aliphatic imine (C=N–C) groups is 1. The van der Waals surface area contributed by atoms with Gasteiger partial charge in [0.25, 0.3) is 0 Å². The Morgan fingerprint density at radius 3 is 2.73 bits per heavy atom. The van der Waals surface area contributed by atoms with Gasteiger partial charge in [0.2, 0.25) is 0 Å². The summed E-state index contributed by atoms with van der Waals surface area (Å²) < 4.78 is 35.7. The molecule has 236 valence electrons. The fourth-order valence-electron chi connectivity index (χ4n) is 7.30. The van der Waals surface area contributed by atoms with Gasteiger partial charge in [-0.3, -0.25) is 9.89 Å². The van der Waals surface area contributed by atoms with E-state index in [1.165, 1.54) is 24.4 Å². The Morgan fingerprint density at radius 2 is 2.07 bits per heavy atom. The summed E-state index contributed by atoms with van der Waals surface area (Å²) in [7, 11) is 2.13. The number of phenolic OH excluding ortho intramolecular Hbond substituents is 1. The highest BCUT2D eigenvalue weighted by atomic mass is 19.1. The molecule has 3 unspecified atom stereocenters. The Bertz CT molecular complexity index is 1680. The van der Waals surface area contributed by atoms with Crippen LogP contribution < -0.4 is 15.0 Å². The Hall–Kier alpha value is -4.07. The molecule has 3 aliphatic heterocycles. The average molecular weight is 615 g/mol. The third-order valence-corrected chi connectivity index (χ3v) is 9.61. The summed E-state index contributed by atoms with van der Waals surface area (Å²) in [6.45, 7) is 8.30. The Morgan fingerprint density at radius 1 is 1.29 bits per heavy atom. The topological polar surface area (TPSA) is 86.1 Å². The van der Waals surface area contributed by atoms with Crippen molar-refractivity contribution < 1.29 is 18.6 Å². The smallest absolute Gasteiger partial charge is 0.318 e. The number of aromatic hydroxyl groups is 1. The summed E-state index contributed by atoms with van der Waals surface area (Å²) in [5, 5.41) is 15.0. The second-order valence-corrected chi connectivity index (χ2v) is 12.5. The minimum Gasteiger partial charge on any atom is -0.508 e. The number of piperazine rings is 1. The number of likely N-dealkylation sites (N-methyl/N-ethyl adjacent to an activating group) is 1. The Balaban J connectivity index is 1.38. The lowest BCUT2D eigenvalue weighted by Crippen LogP contribution is -2.51. The van der Waals surface area contributed by atoms with Crippen LogP contribution in [-0.4, -0.2) is 77.1 Å². The standard InChI is InChI=1S/C35H40F2N6O2/c1-5-12-35(13-7-14-42(35)4)21-45-34-40-31(17-36)29(33(41-34)43-19-24-9-10-25(20-43)39-24)18-38-22(3)28-16-26(44)15-23-8-11-30(37)27(6-2)32(23)28/h2,8,11,15-16,18,24-25,39,44H,3,5,7,9-10,12-14,17,19-21H2,1,4H3. The Kier molecular flexibility index (Phi) is 8.76. The van der Waals surface area contributed by atoms with E-state index in [4.69, 9.17) is 16.1 Å². The summed E-state index contributed by atoms with van der Waals surface area (Å²) >= 11 is 0. The molecule has 6 rings (SSSR count). The highest BCUT2D eigenvalue weighted by Crippen LogP contribution is 2.36. The molecule has 2 aromatic carbocycles. The van der Waals surface area contributed by atoms with Crippen molar-refractivity contribution in [3.8, 4) is 24.1 Å². The molecule has 4 heterocycles. The molecule has 0 aliphatic carbocycles. The fourth-order valence-corrected chi connectivity index (χ4v) is 7.30. The number of hydrogen-bond donors (Lipinski definition) is 2. The zero-order chi connectivity index (χ0) is 31.7. The van der Waals surface area contributed by atoms with Gasteiger partial charge in [-0.05, 0) is 69.3 Å². The number of ether oxygens (including phenoxy) is 1. The molecule has 2 N–H and O–H groups in total. The molecule has 0 spiro atoms. The van der Waals surface area contributed by atoms with Crippen molar-refractivity contribution in [3.05, 3.63) is 59.0 Å². The quantitative estimate of drug-likeness (QED) is 0.227. The van der Waals surface area contributed by atoms with Crippen LogP contribution in [0.2, 0.25) is 0 Å². The lowest BCUT2D eigenvalue weighted by Gasteiger charge is -2.36. The number of fused-ring (bicyclic) bond motifs is 3. The third kappa shape index (κ3) is 5.99. The van der Waals surface area contributed by atoms with E-state index in [0.29, 0.717) is 59.5 Å². The summed E-state index contributed by atoms with van der Waals surface area (Å²) in [5.74, 6) is 2.38. The zero-order valence-corrected chi connectivity index (χ0v) is 26.0. The van der Waals surface area contributed by atoms with Crippen LogP contribution in [0.3, 0.4) is 0 Å². The van der Waals surface area contributed by atoms with Gasteiger partial charge in [0.15, 0.2) is 0 Å². The van der Waals surface area contributed by atoms with Gasteiger partial charge in [-0.25, -0.2) is 8.78 Å². The largest absolute Gasteiger partial charge is 0.508 e. The van der Waals surface area contributed by atoms with E-state index in [1.807, 2.05) is 0 Å². The normalized spacial score (nSPS) is 23.2. The predicted octanol–water partition coefficient (Wildman–Crippen LogP) is 5.60. The van der Waals surface area contributed by atoms with Gasteiger partial charge < -0.3 is 20.1 Å². The van der Waals surface area contributed by atoms with Crippen molar-refractivity contribution in [1.29, 1.82) is 0 Å². The lowest BCUT2D eigenvalue weighted by molar-refractivity contribution is 0.0824. The van der Waals surface area contributed by atoms with Crippen LogP contribution in [0.1, 0.15) is 67.8 Å². The number of benzene rings is 2. The van der Waals surface area contributed by atoms with Gasteiger partial charge in [0, 0.05) is 42.3 Å². The van der Waals surface area contributed by atoms with Crippen molar-refractivity contribution in [2.75, 3.05) is 38.2 Å². The minimum absolute atomic E-state index is 0.0385. The van der Waals surface area contributed by atoms with Gasteiger partial charge in [-0.1, -0.05) is 31.9 Å². The van der Waals surface area contributed by atoms with Crippen LogP contribution in [0.25, 0.3) is 16.5 Å². The molecular weight excluding hydrogens is 574 g/mol. The van der Waals surface area contributed by atoms with Crippen LogP contribution in [0.5, 0.6) is 11.8 Å². The molecule has 0 amide bonds. The van der Waals surface area contributed by atoms with E-state index < -0.39 is 12.5 Å². The SMILES string of the molecule is C#Cc1c(F)ccc2cc(O)cc(C(=C)N=Cc3c(CF)nc(OCC4(CCC)CCCN4C)nc3N3CC4CCC(C3)N4)c12. The number of nitrogens with zero attached hydrogens (tertiary/aromatic N) is 5. The molecule has 2 bridgehead atoms. The van der Waals surface area contributed by atoms with Crippen molar-refractivity contribution in [3.63, 3.8) is 0 Å². The van der Waals surface area contributed by atoms with Gasteiger partial charge in [0.05, 0.1) is 28.1 Å². The molecule has 8 nitrogen and oxygen atoms in total. The number of phenols is 1. The molecular formula is C35H40F2N6O2. The summed E-state index contributed by atoms with van der Waals surface area (Å²) in [6.07, 6.45) is 13.5. The van der Waals surface area contributed by atoms with E-state index >= 15 is 0 Å². The molecule has 3 atom stereocenters. The second kappa shape index (κ2) is 12.7. The molecule has 3 saturated heterocycles. The molecule has 1 aromatic heterocycles. The van der Waals surface area contributed by atoms with Gasteiger partial charge in [0.1, 0.15) is 30.7 Å². The van der Waals surface area contributed by atoms with Crippen molar-refractivity contribution in [2.24, 2.45) is 4.99 Å². The maximum absolute atomic E-state index is 14.8. The fraction of sp³-hybridized carbons (Fsp3) is 0.457. The number of rotatable bonds is 10. The number of aromatic nitrogens is 2. The summed E-state index contributed by atoms with van der Waals surface area (Å²) in [5.41, 5.74) is 1.15. The number of halogens is 2. The first kappa shape index (κ1) is 30.9. The van der Waals surface area contributed by atoms with Crippen LogP contribution in [-0.2, 0) is 6.67 Å². The first-order valence-electron chi connectivity index (χ1n) is 15.7. The maximum Gasteiger partial charge on any atom is 0.318 e. The first-order valence-corrected chi connectivity index (χ1v) is 15.7. The van der Waals surface area contributed by atoms with Crippen LogP contribution >= 0.6 is 0 Å². The van der Waals surface area contributed by atoms with E-state index in [9.17, 15) is 13.9 Å². The van der Waals surface area contributed by atoms with Crippen LogP contribution in [0.4, 0.5) is 14.6 Å². The second-order valence-electron chi connectivity index (χ2n) is 12.5. The number of alkyl halides is 1. The van der Waals surface area contributed by atoms with Crippen LogP contribution in [0, 0.1) is 18.2 Å². The molecule has 45 heavy (non-hydrogen) atoms. The minimum atomic E-state index is -0.847. The van der Waals surface area contributed by atoms with Gasteiger partial charge >= 0.3 is 6.01 Å².